The van der Waals surface area contributed by atoms with Gasteiger partial charge in [0.15, 0.2) is 5.75 Å². The quantitative estimate of drug-likeness (QED) is 0.244. The monoisotopic (exact) mass is 593 g/mol. The summed E-state index contributed by atoms with van der Waals surface area (Å²) in [6, 6.07) is 11.6. The van der Waals surface area contributed by atoms with Crippen LogP contribution in [0.2, 0.25) is 0 Å². The standard InChI is InChI=1S/C29H35N7O7/c1-5-19(17-10-7-6-8-11-17)30-22-23(27(40)34(4)32-25(22)38)31-20-13-9-12-18(24(20)37)26(39)36-15-14-35(29(43)33(2)3)16-21(36)28(41)42/h6-13,19,21,30-31,37H,5,14-16H2,1-4H3,(H,32,38)(H,41,42). The van der Waals surface area contributed by atoms with Gasteiger partial charge in [0.25, 0.3) is 17.0 Å². The van der Waals surface area contributed by atoms with E-state index in [9.17, 15) is 34.2 Å². The van der Waals surface area contributed by atoms with Crippen molar-refractivity contribution in [1.82, 2.24) is 24.5 Å². The van der Waals surface area contributed by atoms with Gasteiger partial charge in [-0.2, -0.15) is 0 Å². The van der Waals surface area contributed by atoms with Crippen LogP contribution in [0.3, 0.4) is 0 Å². The number of aromatic amines is 1. The molecule has 2 atom stereocenters. The molecule has 1 aliphatic heterocycles. The van der Waals surface area contributed by atoms with Gasteiger partial charge in [0.1, 0.15) is 17.4 Å². The SMILES string of the molecule is CCC(Nc1c(Nc2cccc(C(=O)N3CCN(C(=O)N(C)C)CC3C(=O)O)c2O)c(=O)n(C)[nH]c1=O)c1ccccc1. The fourth-order valence-corrected chi connectivity index (χ4v) is 4.98. The number of hydrogen-bond acceptors (Lipinski definition) is 8. The number of hydrogen-bond donors (Lipinski definition) is 5. The summed E-state index contributed by atoms with van der Waals surface area (Å²) in [6.45, 7) is 1.72. The summed E-state index contributed by atoms with van der Waals surface area (Å²) < 4.78 is 0.997. The predicted octanol–water partition coefficient (Wildman–Crippen LogP) is 1.98. The van der Waals surface area contributed by atoms with Gasteiger partial charge in [-0.15, -0.1) is 0 Å². The summed E-state index contributed by atoms with van der Waals surface area (Å²) in [5.74, 6) is -2.60. The number of aromatic nitrogens is 2. The van der Waals surface area contributed by atoms with Crippen molar-refractivity contribution in [2.45, 2.75) is 25.4 Å². The number of urea groups is 1. The molecule has 228 valence electrons. The van der Waals surface area contributed by atoms with Crippen molar-refractivity contribution in [2.24, 2.45) is 7.05 Å². The Morgan fingerprint density at radius 2 is 1.74 bits per heavy atom. The number of phenolic OH excluding ortho intramolecular Hbond substituents is 1. The fraction of sp³-hybridized carbons (Fsp3) is 0.345. The van der Waals surface area contributed by atoms with Gasteiger partial charge in [0.2, 0.25) is 0 Å². The lowest BCUT2D eigenvalue weighted by Gasteiger charge is -2.40. The lowest BCUT2D eigenvalue weighted by Crippen LogP contribution is -2.60. The summed E-state index contributed by atoms with van der Waals surface area (Å²) in [4.78, 5) is 68.1. The first-order valence-corrected chi connectivity index (χ1v) is 13.7. The highest BCUT2D eigenvalue weighted by atomic mass is 16.4. The van der Waals surface area contributed by atoms with Crippen LogP contribution in [0.25, 0.3) is 0 Å². The first-order valence-electron chi connectivity index (χ1n) is 13.7. The third-order valence-electron chi connectivity index (χ3n) is 7.30. The Hall–Kier alpha value is -5.27. The number of carboxylic acids is 1. The van der Waals surface area contributed by atoms with Gasteiger partial charge in [-0.1, -0.05) is 43.3 Å². The molecule has 0 saturated carbocycles. The molecule has 1 fully saturated rings. The minimum absolute atomic E-state index is 0.0438. The molecular weight excluding hydrogens is 558 g/mol. The van der Waals surface area contributed by atoms with E-state index >= 15 is 0 Å². The number of nitrogens with zero attached hydrogens (tertiary/aromatic N) is 4. The number of aromatic hydroxyl groups is 1. The van der Waals surface area contributed by atoms with Crippen molar-refractivity contribution in [3.63, 3.8) is 0 Å². The van der Waals surface area contributed by atoms with E-state index in [1.54, 1.807) is 14.1 Å². The van der Waals surface area contributed by atoms with Crippen molar-refractivity contribution >= 4 is 35.0 Å². The summed E-state index contributed by atoms with van der Waals surface area (Å²) >= 11 is 0. The summed E-state index contributed by atoms with van der Waals surface area (Å²) in [7, 11) is 4.47. The van der Waals surface area contributed by atoms with E-state index in [4.69, 9.17) is 0 Å². The molecule has 14 heteroatoms. The molecule has 0 aliphatic carbocycles. The molecule has 1 aliphatic rings. The number of carbonyl (C=O) groups excluding carboxylic acids is 2. The molecule has 5 N–H and O–H groups in total. The highest BCUT2D eigenvalue weighted by molar-refractivity contribution is 6.01. The summed E-state index contributed by atoms with van der Waals surface area (Å²) in [5.41, 5.74) is -0.753. The Balaban J connectivity index is 1.67. The molecule has 14 nitrogen and oxygen atoms in total. The number of rotatable bonds is 8. The van der Waals surface area contributed by atoms with Gasteiger partial charge < -0.3 is 35.5 Å². The predicted molar refractivity (Wildman–Crippen MR) is 160 cm³/mol. The molecule has 2 unspecified atom stereocenters. The lowest BCUT2D eigenvalue weighted by atomic mass is 10.0. The van der Waals surface area contributed by atoms with Crippen LogP contribution in [0.4, 0.5) is 21.9 Å². The van der Waals surface area contributed by atoms with Gasteiger partial charge in [-0.25, -0.2) is 9.59 Å². The van der Waals surface area contributed by atoms with Gasteiger partial charge >= 0.3 is 12.0 Å². The average Bonchev–Trinajstić information content (AvgIpc) is 2.99. The van der Waals surface area contributed by atoms with Crippen molar-refractivity contribution in [1.29, 1.82) is 0 Å². The topological polar surface area (TPSA) is 180 Å². The molecule has 4 rings (SSSR count). The number of carbonyl (C=O) groups is 3. The van der Waals surface area contributed by atoms with E-state index in [-0.39, 0.29) is 54.3 Å². The minimum Gasteiger partial charge on any atom is -0.505 e. The maximum absolute atomic E-state index is 13.6. The lowest BCUT2D eigenvalue weighted by molar-refractivity contribution is -0.144. The van der Waals surface area contributed by atoms with Crippen LogP contribution in [-0.4, -0.2) is 92.4 Å². The Morgan fingerprint density at radius 1 is 1.05 bits per heavy atom. The number of aryl methyl sites for hydroxylation is 1. The maximum atomic E-state index is 13.6. The highest BCUT2D eigenvalue weighted by Crippen LogP contribution is 2.33. The number of nitrogens with one attached hydrogen (secondary N) is 3. The zero-order chi connectivity index (χ0) is 31.4. The van der Waals surface area contributed by atoms with Crippen LogP contribution in [0.15, 0.2) is 58.1 Å². The Labute approximate surface area is 247 Å². The van der Waals surface area contributed by atoms with Crippen LogP contribution in [0, 0.1) is 0 Å². The van der Waals surface area contributed by atoms with Crippen LogP contribution < -0.4 is 21.8 Å². The van der Waals surface area contributed by atoms with E-state index in [0.717, 1.165) is 15.1 Å². The number of amides is 3. The van der Waals surface area contributed by atoms with Crippen LogP contribution in [0.5, 0.6) is 5.75 Å². The number of H-pyrrole nitrogens is 1. The third-order valence-corrected chi connectivity index (χ3v) is 7.30. The first-order chi connectivity index (χ1) is 20.4. The van der Waals surface area contributed by atoms with E-state index < -0.39 is 34.8 Å². The average molecular weight is 594 g/mol. The van der Waals surface area contributed by atoms with Gasteiger partial charge in [0.05, 0.1) is 23.8 Å². The molecule has 2 heterocycles. The normalized spacial score (nSPS) is 15.5. The Bertz CT molecular complexity index is 1630. The number of benzene rings is 2. The van der Waals surface area contributed by atoms with E-state index in [2.05, 4.69) is 15.7 Å². The smallest absolute Gasteiger partial charge is 0.328 e. The Morgan fingerprint density at radius 3 is 2.37 bits per heavy atom. The second-order valence-electron chi connectivity index (χ2n) is 10.4. The number of aliphatic carboxylic acids is 1. The van der Waals surface area contributed by atoms with E-state index in [1.807, 2.05) is 37.3 Å². The largest absolute Gasteiger partial charge is 0.505 e. The number of para-hydroxylation sites is 1. The molecule has 0 bridgehead atoms. The maximum Gasteiger partial charge on any atom is 0.328 e. The van der Waals surface area contributed by atoms with Crippen LogP contribution in [-0.2, 0) is 11.8 Å². The van der Waals surface area contributed by atoms with Crippen molar-refractivity contribution < 1.29 is 24.6 Å². The number of phenols is 1. The first kappa shape index (κ1) is 30.7. The van der Waals surface area contributed by atoms with Gasteiger partial charge in [0, 0.05) is 34.2 Å². The molecular formula is C29H35N7O7. The Kier molecular flexibility index (Phi) is 9.07. The van der Waals surface area contributed by atoms with Crippen molar-refractivity contribution in [2.75, 3.05) is 44.4 Å². The summed E-state index contributed by atoms with van der Waals surface area (Å²) in [5, 5.41) is 29.5. The molecule has 3 aromatic rings. The van der Waals surface area contributed by atoms with Gasteiger partial charge in [-0.3, -0.25) is 24.2 Å². The van der Waals surface area contributed by atoms with Gasteiger partial charge in [-0.05, 0) is 24.1 Å². The number of piperazine rings is 1. The van der Waals surface area contributed by atoms with Crippen LogP contribution in [0.1, 0.15) is 35.3 Å². The summed E-state index contributed by atoms with van der Waals surface area (Å²) in [6.07, 6.45) is 0.589. The van der Waals surface area contributed by atoms with Crippen LogP contribution >= 0.6 is 0 Å². The van der Waals surface area contributed by atoms with E-state index in [0.29, 0.717) is 6.42 Å². The van der Waals surface area contributed by atoms with E-state index in [1.165, 1.54) is 35.0 Å². The second-order valence-corrected chi connectivity index (χ2v) is 10.4. The third kappa shape index (κ3) is 6.32. The molecule has 0 radical (unpaired) electrons. The van der Waals surface area contributed by atoms with Crippen molar-refractivity contribution in [3.05, 3.63) is 80.4 Å². The van der Waals surface area contributed by atoms with Crippen molar-refractivity contribution in [3.8, 4) is 5.75 Å². The zero-order valence-electron chi connectivity index (χ0n) is 24.3. The molecule has 1 aromatic heterocycles. The fourth-order valence-electron chi connectivity index (χ4n) is 4.98. The minimum atomic E-state index is -1.35. The highest BCUT2D eigenvalue weighted by Gasteiger charge is 2.38. The number of anilines is 3. The number of carboxylic acid groups (broad SMARTS) is 1. The molecule has 3 amide bonds. The molecule has 0 spiro atoms. The molecule has 43 heavy (non-hydrogen) atoms. The molecule has 1 saturated heterocycles. The molecule has 2 aromatic carbocycles. The second kappa shape index (κ2) is 12.7. The zero-order valence-corrected chi connectivity index (χ0v) is 24.3.